The van der Waals surface area contributed by atoms with E-state index in [2.05, 4.69) is 97.9 Å². The molecule has 35 heavy (non-hydrogen) atoms. The first kappa shape index (κ1) is 23.2. The molecule has 0 fully saturated rings. The Morgan fingerprint density at radius 2 is 1.66 bits per heavy atom. The molecular weight excluding hydrogens is 430 g/mol. The Kier molecular flexibility index (Phi) is 6.10. The Bertz CT molecular complexity index is 1270. The van der Waals surface area contributed by atoms with E-state index in [1.807, 2.05) is 31.7 Å². The van der Waals surface area contributed by atoms with Crippen LogP contribution in [-0.2, 0) is 4.74 Å². The number of fused-ring (bicyclic) bond motifs is 3. The fraction of sp³-hybridized carbons (Fsp3) is 0.281. The van der Waals surface area contributed by atoms with E-state index in [1.165, 1.54) is 22.3 Å². The molecule has 1 aliphatic carbocycles. The number of hydrogen-bond donors (Lipinski definition) is 0. The molecule has 1 aliphatic heterocycles. The van der Waals surface area contributed by atoms with Gasteiger partial charge in [-0.3, -0.25) is 4.90 Å². The van der Waals surface area contributed by atoms with Crippen molar-refractivity contribution in [2.75, 3.05) is 11.4 Å². The van der Waals surface area contributed by atoms with Crippen molar-refractivity contribution in [1.29, 1.82) is 0 Å². The largest absolute Gasteiger partial charge is 0.443 e. The monoisotopic (exact) mass is 463 g/mol. The van der Waals surface area contributed by atoms with Crippen molar-refractivity contribution in [2.24, 2.45) is 11.8 Å². The van der Waals surface area contributed by atoms with Gasteiger partial charge in [0.05, 0.1) is 5.69 Å². The highest BCUT2D eigenvalue weighted by Gasteiger charge is 2.43. The quantitative estimate of drug-likeness (QED) is 0.395. The Morgan fingerprint density at radius 3 is 2.34 bits per heavy atom. The molecule has 0 saturated carbocycles. The molecule has 5 rings (SSSR count). The van der Waals surface area contributed by atoms with Crippen molar-refractivity contribution in [3.63, 3.8) is 0 Å². The van der Waals surface area contributed by atoms with Gasteiger partial charge in [-0.25, -0.2) is 4.79 Å². The van der Waals surface area contributed by atoms with Crippen LogP contribution < -0.4 is 4.90 Å². The molecule has 2 aliphatic rings. The number of allylic oxidation sites excluding steroid dienone is 2. The summed E-state index contributed by atoms with van der Waals surface area (Å²) in [5.74, 6) is 0.649. The first-order valence-corrected chi connectivity index (χ1v) is 12.4. The van der Waals surface area contributed by atoms with Gasteiger partial charge in [-0.2, -0.15) is 0 Å². The number of aryl methyl sites for hydroxylation is 1. The highest BCUT2D eigenvalue weighted by atomic mass is 16.6. The molecule has 0 aromatic heterocycles. The minimum atomic E-state index is -0.549. The van der Waals surface area contributed by atoms with E-state index < -0.39 is 5.60 Å². The predicted molar refractivity (Wildman–Crippen MR) is 144 cm³/mol. The zero-order chi connectivity index (χ0) is 24.6. The van der Waals surface area contributed by atoms with Gasteiger partial charge in [0.2, 0.25) is 0 Å². The summed E-state index contributed by atoms with van der Waals surface area (Å²) in [5, 5.41) is 0. The number of carbonyl (C=O) groups is 1. The topological polar surface area (TPSA) is 29.5 Å². The van der Waals surface area contributed by atoms with E-state index in [4.69, 9.17) is 4.74 Å². The van der Waals surface area contributed by atoms with Gasteiger partial charge >= 0.3 is 6.09 Å². The Labute approximate surface area is 208 Å². The molecule has 0 N–H and O–H groups in total. The first-order valence-electron chi connectivity index (χ1n) is 12.4. The summed E-state index contributed by atoms with van der Waals surface area (Å²) in [5.41, 5.74) is 6.54. The maximum Gasteiger partial charge on any atom is 0.414 e. The maximum absolute atomic E-state index is 13.4. The number of rotatable bonds is 3. The lowest BCUT2D eigenvalue weighted by molar-refractivity contribution is 0.0574. The standard InChI is InChI=1S/C32H33NO2/c1-22-15-18-30-28(19-22)27-20-26(24-13-9-6-10-14-24)25(17-16-23-11-7-5-8-12-23)29(27)21-33(30)31(34)35-32(2,3)4/h5-20,25-26,29H,21H2,1-4H3/b17-16+/t25-,26-,29+/m1/s1. The summed E-state index contributed by atoms with van der Waals surface area (Å²) < 4.78 is 5.84. The van der Waals surface area contributed by atoms with E-state index in [-0.39, 0.29) is 23.8 Å². The number of benzene rings is 3. The Morgan fingerprint density at radius 1 is 0.971 bits per heavy atom. The van der Waals surface area contributed by atoms with Gasteiger partial charge in [0.25, 0.3) is 0 Å². The highest BCUT2D eigenvalue weighted by molar-refractivity contribution is 5.96. The minimum Gasteiger partial charge on any atom is -0.443 e. The molecule has 0 bridgehead atoms. The molecule has 0 unspecified atom stereocenters. The van der Waals surface area contributed by atoms with Crippen LogP contribution in [0.4, 0.5) is 10.5 Å². The number of hydrogen-bond acceptors (Lipinski definition) is 2. The fourth-order valence-electron chi connectivity index (χ4n) is 5.33. The molecule has 3 heteroatoms. The van der Waals surface area contributed by atoms with Crippen LogP contribution in [0.25, 0.3) is 11.6 Å². The predicted octanol–water partition coefficient (Wildman–Crippen LogP) is 7.88. The van der Waals surface area contributed by atoms with E-state index in [1.54, 1.807) is 0 Å². The van der Waals surface area contributed by atoms with Crippen LogP contribution in [0.3, 0.4) is 0 Å². The molecule has 178 valence electrons. The third-order valence-electron chi connectivity index (χ3n) is 6.88. The lowest BCUT2D eigenvalue weighted by Crippen LogP contribution is -2.43. The van der Waals surface area contributed by atoms with E-state index in [9.17, 15) is 4.79 Å². The number of ether oxygens (including phenoxy) is 1. The molecule has 0 saturated heterocycles. The summed E-state index contributed by atoms with van der Waals surface area (Å²) in [7, 11) is 0. The summed E-state index contributed by atoms with van der Waals surface area (Å²) in [6, 6.07) is 27.5. The molecule has 1 heterocycles. The SMILES string of the molecule is Cc1ccc2c(c1)C1=C[C@H](c3ccccc3)[C@@H](/C=C/c3ccccc3)[C@@H]1CN2C(=O)OC(C)(C)C. The normalized spacial score (nSPS) is 21.4. The molecule has 0 spiro atoms. The second kappa shape index (κ2) is 9.22. The van der Waals surface area contributed by atoms with Gasteiger partial charge in [0.1, 0.15) is 5.60 Å². The molecular formula is C32H33NO2. The van der Waals surface area contributed by atoms with E-state index in [0.717, 1.165) is 11.3 Å². The number of carbonyl (C=O) groups excluding carboxylic acids is 1. The zero-order valence-corrected chi connectivity index (χ0v) is 20.9. The van der Waals surface area contributed by atoms with E-state index >= 15 is 0 Å². The van der Waals surface area contributed by atoms with Crippen molar-refractivity contribution < 1.29 is 9.53 Å². The van der Waals surface area contributed by atoms with Crippen LogP contribution in [0.2, 0.25) is 0 Å². The van der Waals surface area contributed by atoms with Gasteiger partial charge in [-0.05, 0) is 62.4 Å². The number of nitrogens with zero attached hydrogens (tertiary/aromatic N) is 1. The van der Waals surface area contributed by atoms with Crippen molar-refractivity contribution in [3.8, 4) is 0 Å². The van der Waals surface area contributed by atoms with Crippen molar-refractivity contribution in [2.45, 2.75) is 39.2 Å². The van der Waals surface area contributed by atoms with Crippen molar-refractivity contribution >= 4 is 23.4 Å². The third-order valence-corrected chi connectivity index (χ3v) is 6.88. The molecule has 1 amide bonds. The minimum absolute atomic E-state index is 0.182. The maximum atomic E-state index is 13.4. The molecule has 3 atom stereocenters. The summed E-state index contributed by atoms with van der Waals surface area (Å²) in [4.78, 5) is 15.2. The van der Waals surface area contributed by atoms with Crippen molar-refractivity contribution in [1.82, 2.24) is 0 Å². The molecule has 3 aromatic carbocycles. The third kappa shape index (κ3) is 4.81. The van der Waals surface area contributed by atoms with E-state index in [0.29, 0.717) is 6.54 Å². The first-order chi connectivity index (χ1) is 16.8. The summed E-state index contributed by atoms with van der Waals surface area (Å²) in [6.07, 6.45) is 6.72. The lowest BCUT2D eigenvalue weighted by atomic mass is 9.79. The Balaban J connectivity index is 1.59. The molecule has 3 nitrogen and oxygen atoms in total. The summed E-state index contributed by atoms with van der Waals surface area (Å²) in [6.45, 7) is 8.47. The van der Waals surface area contributed by atoms with Crippen LogP contribution in [0.5, 0.6) is 0 Å². The van der Waals surface area contributed by atoms with Crippen LogP contribution in [0.1, 0.15) is 48.9 Å². The van der Waals surface area contributed by atoms with Gasteiger partial charge in [-0.1, -0.05) is 90.5 Å². The average molecular weight is 464 g/mol. The lowest BCUT2D eigenvalue weighted by Gasteiger charge is -2.38. The second-order valence-corrected chi connectivity index (χ2v) is 10.6. The Hall–Kier alpha value is -3.59. The van der Waals surface area contributed by atoms with Crippen LogP contribution in [-0.4, -0.2) is 18.2 Å². The zero-order valence-electron chi connectivity index (χ0n) is 20.9. The van der Waals surface area contributed by atoms with Crippen LogP contribution in [0, 0.1) is 18.8 Å². The second-order valence-electron chi connectivity index (χ2n) is 10.6. The smallest absolute Gasteiger partial charge is 0.414 e. The van der Waals surface area contributed by atoms with Crippen LogP contribution >= 0.6 is 0 Å². The highest BCUT2D eigenvalue weighted by Crippen LogP contribution is 2.52. The van der Waals surface area contributed by atoms with Gasteiger partial charge in [0, 0.05) is 23.9 Å². The molecule has 3 aromatic rings. The van der Waals surface area contributed by atoms with Crippen molar-refractivity contribution in [3.05, 3.63) is 113 Å². The number of amides is 1. The fourth-order valence-corrected chi connectivity index (χ4v) is 5.33. The van der Waals surface area contributed by atoms with Gasteiger partial charge in [0.15, 0.2) is 0 Å². The molecule has 0 radical (unpaired) electrons. The average Bonchev–Trinajstić information content (AvgIpc) is 3.21. The van der Waals surface area contributed by atoms with Gasteiger partial charge < -0.3 is 4.74 Å². The van der Waals surface area contributed by atoms with Crippen LogP contribution in [0.15, 0.2) is 91.0 Å². The number of anilines is 1. The summed E-state index contributed by atoms with van der Waals surface area (Å²) >= 11 is 0. The van der Waals surface area contributed by atoms with Gasteiger partial charge in [-0.15, -0.1) is 0 Å².